The molecule has 0 radical (unpaired) electrons. The fraction of sp³-hybridized carbons (Fsp3) is 0.556. The molecule has 2 amide bonds. The zero-order chi connectivity index (χ0) is 17.4. The molecule has 1 aliphatic rings. The first kappa shape index (κ1) is 18.1. The molecule has 132 valence electrons. The van der Waals surface area contributed by atoms with Gasteiger partial charge in [-0.25, -0.2) is 4.79 Å². The van der Waals surface area contributed by atoms with E-state index in [1.165, 1.54) is 5.56 Å². The second-order valence-corrected chi connectivity index (χ2v) is 6.20. The van der Waals surface area contributed by atoms with Crippen molar-refractivity contribution in [3.8, 4) is 5.75 Å². The molecule has 1 fully saturated rings. The maximum Gasteiger partial charge on any atom is 0.317 e. The van der Waals surface area contributed by atoms with E-state index in [2.05, 4.69) is 5.32 Å². The van der Waals surface area contributed by atoms with Crippen LogP contribution in [0, 0.1) is 12.8 Å². The van der Waals surface area contributed by atoms with Gasteiger partial charge in [0.15, 0.2) is 0 Å². The van der Waals surface area contributed by atoms with Crippen LogP contribution in [-0.4, -0.2) is 48.2 Å². The normalized spacial score (nSPS) is 15.1. The summed E-state index contributed by atoms with van der Waals surface area (Å²) in [5, 5.41) is 11.8. The number of nitrogens with one attached hydrogen (secondary N) is 1. The topological polar surface area (TPSA) is 78.9 Å². The highest BCUT2D eigenvalue weighted by Crippen LogP contribution is 2.17. The van der Waals surface area contributed by atoms with Crippen LogP contribution in [0.15, 0.2) is 24.3 Å². The highest BCUT2D eigenvalue weighted by molar-refractivity contribution is 5.75. The number of carbonyl (C=O) groups is 2. The Morgan fingerprint density at radius 3 is 2.50 bits per heavy atom. The number of amides is 2. The number of likely N-dealkylation sites (tertiary alicyclic amines) is 1. The number of aryl methyl sites for hydroxylation is 1. The predicted molar refractivity (Wildman–Crippen MR) is 91.2 cm³/mol. The maximum absolute atomic E-state index is 12.0. The molecular weight excluding hydrogens is 308 g/mol. The Hall–Kier alpha value is -2.24. The van der Waals surface area contributed by atoms with Gasteiger partial charge in [0.1, 0.15) is 5.75 Å². The summed E-state index contributed by atoms with van der Waals surface area (Å²) in [6.07, 6.45) is 2.79. The number of rotatable bonds is 7. The number of nitrogens with zero attached hydrogens (tertiary/aromatic N) is 1. The van der Waals surface area contributed by atoms with Crippen LogP contribution in [0.5, 0.6) is 5.75 Å². The van der Waals surface area contributed by atoms with E-state index < -0.39 is 5.97 Å². The van der Waals surface area contributed by atoms with Crippen molar-refractivity contribution in [1.29, 1.82) is 0 Å². The first-order chi connectivity index (χ1) is 11.6. The third-order valence-electron chi connectivity index (χ3n) is 4.27. The number of carboxylic acids is 1. The molecule has 0 bridgehead atoms. The molecule has 1 aromatic rings. The summed E-state index contributed by atoms with van der Waals surface area (Å²) in [6, 6.07) is 7.85. The second-order valence-electron chi connectivity index (χ2n) is 6.20. The number of urea groups is 1. The molecule has 1 saturated heterocycles. The van der Waals surface area contributed by atoms with E-state index in [-0.39, 0.29) is 11.9 Å². The fourth-order valence-corrected chi connectivity index (χ4v) is 2.69. The summed E-state index contributed by atoms with van der Waals surface area (Å²) >= 11 is 0. The van der Waals surface area contributed by atoms with Crippen LogP contribution in [0.25, 0.3) is 0 Å². The molecule has 2 rings (SSSR count). The molecule has 0 aromatic heterocycles. The molecular formula is C18H26N2O4. The lowest BCUT2D eigenvalue weighted by Crippen LogP contribution is -2.45. The Kier molecular flexibility index (Phi) is 6.90. The van der Waals surface area contributed by atoms with E-state index in [0.717, 1.165) is 18.6 Å². The molecule has 0 atom stereocenters. The zero-order valence-electron chi connectivity index (χ0n) is 14.2. The summed E-state index contributed by atoms with van der Waals surface area (Å²) < 4.78 is 5.64. The van der Waals surface area contributed by atoms with Gasteiger partial charge < -0.3 is 20.1 Å². The lowest BCUT2D eigenvalue weighted by atomic mass is 9.97. The Labute approximate surface area is 142 Å². The smallest absolute Gasteiger partial charge is 0.317 e. The fourth-order valence-electron chi connectivity index (χ4n) is 2.69. The van der Waals surface area contributed by atoms with Gasteiger partial charge >= 0.3 is 12.0 Å². The van der Waals surface area contributed by atoms with Crippen molar-refractivity contribution in [2.75, 3.05) is 26.2 Å². The van der Waals surface area contributed by atoms with Crippen LogP contribution >= 0.6 is 0 Å². The van der Waals surface area contributed by atoms with Gasteiger partial charge in [-0.05, 0) is 44.7 Å². The molecule has 1 aliphatic heterocycles. The van der Waals surface area contributed by atoms with Gasteiger partial charge in [-0.2, -0.15) is 0 Å². The largest absolute Gasteiger partial charge is 0.494 e. The lowest BCUT2D eigenvalue weighted by molar-refractivity contribution is -0.143. The van der Waals surface area contributed by atoms with Crippen LogP contribution in [0.2, 0.25) is 0 Å². The highest BCUT2D eigenvalue weighted by atomic mass is 16.5. The van der Waals surface area contributed by atoms with Crippen LogP contribution in [0.3, 0.4) is 0 Å². The van der Waals surface area contributed by atoms with Gasteiger partial charge in [0.25, 0.3) is 0 Å². The molecule has 0 aliphatic carbocycles. The number of unbranched alkanes of at least 4 members (excludes halogenated alkanes) is 1. The van der Waals surface area contributed by atoms with Crippen molar-refractivity contribution in [2.45, 2.75) is 32.6 Å². The molecule has 6 heteroatoms. The standard InChI is InChI=1S/C18H26N2O4/c1-14-4-6-16(7-5-14)24-13-3-2-10-19-18(23)20-11-8-15(9-12-20)17(21)22/h4-7,15H,2-3,8-13H2,1H3,(H,19,23)(H,21,22). The second kappa shape index (κ2) is 9.15. The van der Waals surface area contributed by atoms with Gasteiger partial charge in [0.05, 0.1) is 12.5 Å². The predicted octanol–water partition coefficient (Wildman–Crippen LogP) is 2.66. The quantitative estimate of drug-likeness (QED) is 0.752. The van der Waals surface area contributed by atoms with Crippen molar-refractivity contribution in [1.82, 2.24) is 10.2 Å². The molecule has 1 aromatic carbocycles. The van der Waals surface area contributed by atoms with Crippen molar-refractivity contribution < 1.29 is 19.4 Å². The molecule has 2 N–H and O–H groups in total. The molecule has 0 spiro atoms. The van der Waals surface area contributed by atoms with E-state index in [1.54, 1.807) is 4.90 Å². The maximum atomic E-state index is 12.0. The molecule has 6 nitrogen and oxygen atoms in total. The van der Waals surface area contributed by atoms with Crippen molar-refractivity contribution in [3.63, 3.8) is 0 Å². The molecule has 0 saturated carbocycles. The summed E-state index contributed by atoms with van der Waals surface area (Å²) in [4.78, 5) is 24.6. The highest BCUT2D eigenvalue weighted by Gasteiger charge is 2.26. The van der Waals surface area contributed by atoms with E-state index in [4.69, 9.17) is 9.84 Å². The number of hydrogen-bond donors (Lipinski definition) is 2. The number of piperidine rings is 1. The van der Waals surface area contributed by atoms with Crippen LogP contribution < -0.4 is 10.1 Å². The Morgan fingerprint density at radius 1 is 1.21 bits per heavy atom. The molecule has 0 unspecified atom stereocenters. The minimum atomic E-state index is -0.761. The van der Waals surface area contributed by atoms with Gasteiger partial charge in [0, 0.05) is 19.6 Å². The number of carbonyl (C=O) groups excluding carboxylic acids is 1. The number of hydrogen-bond acceptors (Lipinski definition) is 3. The summed E-state index contributed by atoms with van der Waals surface area (Å²) in [7, 11) is 0. The number of carboxylic acid groups (broad SMARTS) is 1. The van der Waals surface area contributed by atoms with Crippen LogP contribution in [-0.2, 0) is 4.79 Å². The van der Waals surface area contributed by atoms with Gasteiger partial charge in [0.2, 0.25) is 0 Å². The number of benzene rings is 1. The van der Waals surface area contributed by atoms with Crippen molar-refractivity contribution in [3.05, 3.63) is 29.8 Å². The molecule has 1 heterocycles. The zero-order valence-corrected chi connectivity index (χ0v) is 14.2. The first-order valence-electron chi connectivity index (χ1n) is 8.51. The lowest BCUT2D eigenvalue weighted by Gasteiger charge is -2.30. The summed E-state index contributed by atoms with van der Waals surface area (Å²) in [6.45, 7) is 4.30. The van der Waals surface area contributed by atoms with Crippen molar-refractivity contribution >= 4 is 12.0 Å². The summed E-state index contributed by atoms with van der Waals surface area (Å²) in [5.41, 5.74) is 1.21. The van der Waals surface area contributed by atoms with Crippen LogP contribution in [0.4, 0.5) is 4.79 Å². The Morgan fingerprint density at radius 2 is 1.88 bits per heavy atom. The van der Waals surface area contributed by atoms with E-state index in [9.17, 15) is 9.59 Å². The van der Waals surface area contributed by atoms with Crippen molar-refractivity contribution in [2.24, 2.45) is 5.92 Å². The average molecular weight is 334 g/mol. The third kappa shape index (κ3) is 5.76. The van der Waals surface area contributed by atoms with Gasteiger partial charge in [-0.3, -0.25) is 4.79 Å². The van der Waals surface area contributed by atoms with Gasteiger partial charge in [-0.1, -0.05) is 17.7 Å². The van der Waals surface area contributed by atoms with Gasteiger partial charge in [-0.15, -0.1) is 0 Å². The number of ether oxygens (including phenoxy) is 1. The van der Waals surface area contributed by atoms with E-state index in [0.29, 0.717) is 39.1 Å². The minimum absolute atomic E-state index is 0.0988. The Balaban J connectivity index is 1.53. The first-order valence-corrected chi connectivity index (χ1v) is 8.51. The van der Waals surface area contributed by atoms with E-state index in [1.807, 2.05) is 31.2 Å². The molecule has 24 heavy (non-hydrogen) atoms. The minimum Gasteiger partial charge on any atom is -0.494 e. The summed E-state index contributed by atoms with van der Waals surface area (Å²) in [5.74, 6) is -0.206. The monoisotopic (exact) mass is 334 g/mol. The Bertz CT molecular complexity index is 536. The third-order valence-corrected chi connectivity index (χ3v) is 4.27. The number of aliphatic carboxylic acids is 1. The average Bonchev–Trinajstić information content (AvgIpc) is 2.59. The van der Waals surface area contributed by atoms with E-state index >= 15 is 0 Å². The SMILES string of the molecule is Cc1ccc(OCCCCNC(=O)N2CCC(C(=O)O)CC2)cc1. The van der Waals surface area contributed by atoms with Crippen LogP contribution in [0.1, 0.15) is 31.2 Å².